The Hall–Kier alpha value is 0. The number of rotatable bonds is 1. The van der Waals surface area contributed by atoms with Crippen molar-refractivity contribution in [1.29, 1.82) is 0 Å². The van der Waals surface area contributed by atoms with E-state index in [9.17, 15) is 0 Å². The molecule has 6 saturated carbocycles. The van der Waals surface area contributed by atoms with Crippen LogP contribution in [0.5, 0.6) is 0 Å². The van der Waals surface area contributed by atoms with Crippen LogP contribution in [-0.2, 0) is 0 Å². The van der Waals surface area contributed by atoms with Crippen molar-refractivity contribution in [2.75, 3.05) is 0 Å². The molecule has 20 heavy (non-hydrogen) atoms. The molecule has 6 aliphatic carbocycles. The fourth-order valence-electron chi connectivity index (χ4n) is 9.25. The summed E-state index contributed by atoms with van der Waals surface area (Å²) in [6.07, 6.45) is 16.3. The Balaban J connectivity index is 1.31. The maximum absolute atomic E-state index is 1.68. The predicted octanol–water partition coefficient (Wildman–Crippen LogP) is 5.13. The highest BCUT2D eigenvalue weighted by Crippen LogP contribution is 2.68. The number of hydrogen-bond donors (Lipinski definition) is 0. The van der Waals surface area contributed by atoms with Crippen molar-refractivity contribution < 1.29 is 0 Å². The van der Waals surface area contributed by atoms with Gasteiger partial charge in [0.05, 0.1) is 0 Å². The molecule has 0 amide bonds. The van der Waals surface area contributed by atoms with Crippen molar-refractivity contribution in [1.82, 2.24) is 0 Å². The molecule has 6 fully saturated rings. The van der Waals surface area contributed by atoms with E-state index in [1.165, 1.54) is 59.2 Å². The summed E-state index contributed by atoms with van der Waals surface area (Å²) in [6, 6.07) is 0. The average molecular weight is 270 g/mol. The van der Waals surface area contributed by atoms with E-state index in [-0.39, 0.29) is 0 Å². The molecule has 0 aromatic rings. The topological polar surface area (TPSA) is 0 Å². The molecule has 0 aliphatic heterocycles. The SMILES string of the molecule is C1C[C@@H]2C[C@H]([C@H]3C[C@@H]4CC[C@@H]5CC[C@@H]3[C@H]54)[C@@H]3CC[C@H]1[C@H]23. The second kappa shape index (κ2) is 3.85. The summed E-state index contributed by atoms with van der Waals surface area (Å²) >= 11 is 0. The number of hydrogen-bond acceptors (Lipinski definition) is 0. The first-order chi connectivity index (χ1) is 9.90. The lowest BCUT2D eigenvalue weighted by atomic mass is 9.75. The summed E-state index contributed by atoms with van der Waals surface area (Å²) in [5.74, 6) is 12.0. The van der Waals surface area contributed by atoms with Gasteiger partial charge in [-0.3, -0.25) is 0 Å². The van der Waals surface area contributed by atoms with Gasteiger partial charge < -0.3 is 0 Å². The standard InChI is InChI=1S/C20H30/c1-3-13-9-17(15-7-5-11(1)19(13)15)18-10-14-4-2-12-6-8-16(18)20(12)14/h11-20H,1-10H2/t11-,12+,13+,14-,15-,16-,17-,18-,19+,20+/m0/s1. The first-order valence-corrected chi connectivity index (χ1v) is 9.90. The summed E-state index contributed by atoms with van der Waals surface area (Å²) in [4.78, 5) is 0. The zero-order valence-corrected chi connectivity index (χ0v) is 12.8. The third-order valence-corrected chi connectivity index (χ3v) is 9.52. The van der Waals surface area contributed by atoms with Crippen molar-refractivity contribution in [3.63, 3.8) is 0 Å². The zero-order chi connectivity index (χ0) is 12.8. The first kappa shape index (κ1) is 11.6. The monoisotopic (exact) mass is 270 g/mol. The Morgan fingerprint density at radius 2 is 0.750 bits per heavy atom. The van der Waals surface area contributed by atoms with Crippen molar-refractivity contribution in [2.24, 2.45) is 59.2 Å². The fourth-order valence-corrected chi connectivity index (χ4v) is 9.25. The molecule has 0 unspecified atom stereocenters. The highest BCUT2D eigenvalue weighted by Gasteiger charge is 2.60. The van der Waals surface area contributed by atoms with Crippen LogP contribution in [0.3, 0.4) is 0 Å². The summed E-state index contributed by atoms with van der Waals surface area (Å²) in [5, 5.41) is 0. The van der Waals surface area contributed by atoms with Gasteiger partial charge >= 0.3 is 0 Å². The van der Waals surface area contributed by atoms with Crippen LogP contribution in [0, 0.1) is 59.2 Å². The van der Waals surface area contributed by atoms with Crippen LogP contribution in [0.15, 0.2) is 0 Å². The minimum absolute atomic E-state index is 1.19. The zero-order valence-electron chi connectivity index (χ0n) is 12.8. The molecule has 6 rings (SSSR count). The molecule has 110 valence electrons. The fraction of sp³-hybridized carbons (Fsp3) is 1.00. The maximum Gasteiger partial charge on any atom is -0.0326 e. The third kappa shape index (κ3) is 1.27. The van der Waals surface area contributed by atoms with Crippen LogP contribution < -0.4 is 0 Å². The molecule has 0 heterocycles. The second-order valence-corrected chi connectivity index (χ2v) is 9.63. The summed E-state index contributed by atoms with van der Waals surface area (Å²) in [7, 11) is 0. The van der Waals surface area contributed by atoms with E-state index in [2.05, 4.69) is 0 Å². The van der Waals surface area contributed by atoms with Crippen LogP contribution in [0.1, 0.15) is 64.2 Å². The maximum atomic E-state index is 1.68. The summed E-state index contributed by atoms with van der Waals surface area (Å²) in [6.45, 7) is 0. The van der Waals surface area contributed by atoms with Gasteiger partial charge in [0.25, 0.3) is 0 Å². The lowest BCUT2D eigenvalue weighted by Crippen LogP contribution is -2.24. The molecule has 0 heteroatoms. The van der Waals surface area contributed by atoms with Gasteiger partial charge in [0.2, 0.25) is 0 Å². The van der Waals surface area contributed by atoms with Crippen molar-refractivity contribution >= 4 is 0 Å². The molecule has 0 saturated heterocycles. The van der Waals surface area contributed by atoms with Crippen molar-refractivity contribution in [2.45, 2.75) is 64.2 Å². The molecular weight excluding hydrogens is 240 g/mol. The Kier molecular flexibility index (Phi) is 2.22. The minimum atomic E-state index is 1.19. The van der Waals surface area contributed by atoms with Gasteiger partial charge in [-0.1, -0.05) is 0 Å². The summed E-state index contributed by atoms with van der Waals surface area (Å²) < 4.78 is 0. The van der Waals surface area contributed by atoms with Crippen molar-refractivity contribution in [3.05, 3.63) is 0 Å². The molecule has 10 atom stereocenters. The molecular formula is C20H30. The van der Waals surface area contributed by atoms with E-state index in [0.29, 0.717) is 0 Å². The Bertz CT molecular complexity index is 386. The normalized spacial score (nSPS) is 66.0. The Morgan fingerprint density at radius 1 is 0.350 bits per heavy atom. The third-order valence-electron chi connectivity index (χ3n) is 9.52. The van der Waals surface area contributed by atoms with Crippen LogP contribution in [0.4, 0.5) is 0 Å². The van der Waals surface area contributed by atoms with E-state index >= 15 is 0 Å². The Labute approximate surface area is 124 Å². The van der Waals surface area contributed by atoms with E-state index in [0.717, 1.165) is 0 Å². The molecule has 0 radical (unpaired) electrons. The van der Waals surface area contributed by atoms with E-state index < -0.39 is 0 Å². The lowest BCUT2D eigenvalue weighted by Gasteiger charge is -2.30. The molecule has 0 aromatic heterocycles. The lowest BCUT2D eigenvalue weighted by molar-refractivity contribution is 0.182. The van der Waals surface area contributed by atoms with Gasteiger partial charge in [-0.2, -0.15) is 0 Å². The second-order valence-electron chi connectivity index (χ2n) is 9.63. The van der Waals surface area contributed by atoms with Crippen LogP contribution in [-0.4, -0.2) is 0 Å². The van der Waals surface area contributed by atoms with Gasteiger partial charge in [-0.05, 0) is 123 Å². The van der Waals surface area contributed by atoms with Gasteiger partial charge in [0.1, 0.15) is 0 Å². The quantitative estimate of drug-likeness (QED) is 0.619. The first-order valence-electron chi connectivity index (χ1n) is 9.90. The van der Waals surface area contributed by atoms with Crippen LogP contribution >= 0.6 is 0 Å². The molecule has 0 spiro atoms. The van der Waals surface area contributed by atoms with Crippen LogP contribution in [0.2, 0.25) is 0 Å². The van der Waals surface area contributed by atoms with Gasteiger partial charge in [0.15, 0.2) is 0 Å². The largest absolute Gasteiger partial charge is 0.0499 e. The molecule has 0 nitrogen and oxygen atoms in total. The predicted molar refractivity (Wildman–Crippen MR) is 81.1 cm³/mol. The highest BCUT2D eigenvalue weighted by atomic mass is 14.7. The van der Waals surface area contributed by atoms with Gasteiger partial charge in [-0.15, -0.1) is 0 Å². The molecule has 0 bridgehead atoms. The summed E-state index contributed by atoms with van der Waals surface area (Å²) in [5.41, 5.74) is 0. The van der Waals surface area contributed by atoms with E-state index in [4.69, 9.17) is 0 Å². The minimum Gasteiger partial charge on any atom is -0.0499 e. The van der Waals surface area contributed by atoms with Crippen molar-refractivity contribution in [3.8, 4) is 0 Å². The van der Waals surface area contributed by atoms with Gasteiger partial charge in [0, 0.05) is 0 Å². The van der Waals surface area contributed by atoms with Gasteiger partial charge in [-0.25, -0.2) is 0 Å². The molecule has 6 aliphatic rings. The van der Waals surface area contributed by atoms with E-state index in [1.54, 1.807) is 64.2 Å². The smallest absolute Gasteiger partial charge is 0.0326 e. The van der Waals surface area contributed by atoms with E-state index in [1.807, 2.05) is 0 Å². The molecule has 0 aromatic carbocycles. The Morgan fingerprint density at radius 3 is 1.25 bits per heavy atom. The van der Waals surface area contributed by atoms with Crippen LogP contribution in [0.25, 0.3) is 0 Å². The average Bonchev–Trinajstić information content (AvgIpc) is 3.18. The molecule has 0 N–H and O–H groups in total. The highest BCUT2D eigenvalue weighted by molar-refractivity contribution is 5.09.